The van der Waals surface area contributed by atoms with Gasteiger partial charge in [0, 0.05) is 52.4 Å². The van der Waals surface area contributed by atoms with Gasteiger partial charge in [0.1, 0.15) is 11.5 Å². The zero-order valence-electron chi connectivity index (χ0n) is 42.1. The third-order valence-electron chi connectivity index (χ3n) is 17.2. The van der Waals surface area contributed by atoms with Crippen LogP contribution in [0.25, 0.3) is 77.4 Å². The molecule has 0 fully saturated rings. The van der Waals surface area contributed by atoms with E-state index < -0.39 is 5.41 Å². The summed E-state index contributed by atoms with van der Waals surface area (Å²) < 4.78 is 3.02. The molecule has 356 valence electrons. The highest BCUT2D eigenvalue weighted by Gasteiger charge is 2.54. The highest BCUT2D eigenvalue weighted by Crippen LogP contribution is 2.66. The molecule has 2 aliphatic carbocycles. The van der Waals surface area contributed by atoms with Gasteiger partial charge in [-0.1, -0.05) is 207 Å². The lowest BCUT2D eigenvalue weighted by molar-refractivity contribution is 0.532. The molecule has 2 aliphatic heterocycles. The SMILES string of the molecule is CCC1=C([N+]2(C)c3ccccc3-c3cc4c(cc32)-c2ccccc2C42c3ccccc3-c3ccccc32)CCN=C(c2ccc(-c3ccccc3)cc2)N=C(n2c3ccccc3c3c(-c4ccccc4)cccc32)C1. The lowest BCUT2D eigenvalue weighted by atomic mass is 9.70. The van der Waals surface area contributed by atoms with Crippen molar-refractivity contribution in [3.8, 4) is 55.6 Å². The lowest BCUT2D eigenvalue weighted by Crippen LogP contribution is -2.38. The number of hydrogen-bond donors (Lipinski definition) is 0. The Morgan fingerprint density at radius 1 is 0.453 bits per heavy atom. The smallest absolute Gasteiger partial charge is 0.156 e. The molecule has 4 heteroatoms. The van der Waals surface area contributed by atoms with Crippen molar-refractivity contribution < 1.29 is 0 Å². The number of fused-ring (bicyclic) bond motifs is 16. The summed E-state index contributed by atoms with van der Waals surface area (Å²) in [6, 6.07) is 87.8. The molecule has 1 aromatic heterocycles. The fraction of sp³-hybridized carbons (Fsp3) is 0.0986. The molecule has 0 saturated carbocycles. The molecule has 0 bridgehead atoms. The predicted octanol–water partition coefficient (Wildman–Crippen LogP) is 17.6. The van der Waals surface area contributed by atoms with Crippen LogP contribution in [-0.4, -0.2) is 29.8 Å². The maximum atomic E-state index is 5.82. The number of benzene rings is 10. The molecule has 0 radical (unpaired) electrons. The van der Waals surface area contributed by atoms with Gasteiger partial charge in [0.05, 0.1) is 30.0 Å². The monoisotopic (exact) mass is 961 g/mol. The van der Waals surface area contributed by atoms with Gasteiger partial charge < -0.3 is 0 Å². The molecule has 1 spiro atoms. The van der Waals surface area contributed by atoms with Crippen LogP contribution in [0.2, 0.25) is 0 Å². The molecule has 0 saturated heterocycles. The summed E-state index contributed by atoms with van der Waals surface area (Å²) in [6.45, 7) is 2.94. The van der Waals surface area contributed by atoms with Gasteiger partial charge in [-0.15, -0.1) is 0 Å². The van der Waals surface area contributed by atoms with Crippen molar-refractivity contribution >= 4 is 44.9 Å². The second-order valence-electron chi connectivity index (χ2n) is 20.8. The minimum Gasteiger partial charge on any atom is -0.297 e. The fourth-order valence-electron chi connectivity index (χ4n) is 13.9. The van der Waals surface area contributed by atoms with E-state index in [4.69, 9.17) is 9.98 Å². The van der Waals surface area contributed by atoms with E-state index in [0.717, 1.165) is 41.1 Å². The molecule has 10 aromatic carbocycles. The number of para-hydroxylation sites is 2. The van der Waals surface area contributed by atoms with Crippen LogP contribution in [-0.2, 0) is 5.41 Å². The third-order valence-corrected chi connectivity index (χ3v) is 17.2. The lowest BCUT2D eigenvalue weighted by Gasteiger charge is -2.35. The fourth-order valence-corrected chi connectivity index (χ4v) is 13.9. The Morgan fingerprint density at radius 2 is 1.00 bits per heavy atom. The average Bonchev–Trinajstić information content (AvgIpc) is 4.19. The normalized spacial score (nSPS) is 16.8. The van der Waals surface area contributed by atoms with E-state index in [2.05, 4.69) is 255 Å². The van der Waals surface area contributed by atoms with Crippen LogP contribution in [0.3, 0.4) is 0 Å². The second kappa shape index (κ2) is 16.8. The Balaban J connectivity index is 0.960. The van der Waals surface area contributed by atoms with E-state index in [1.165, 1.54) is 111 Å². The second-order valence-corrected chi connectivity index (χ2v) is 20.8. The van der Waals surface area contributed by atoms with E-state index in [1.807, 2.05) is 0 Å². The summed E-state index contributed by atoms with van der Waals surface area (Å²) in [5, 5.41) is 2.44. The minimum atomic E-state index is -0.431. The van der Waals surface area contributed by atoms with Crippen molar-refractivity contribution in [2.75, 3.05) is 13.6 Å². The van der Waals surface area contributed by atoms with Crippen molar-refractivity contribution in [1.29, 1.82) is 0 Å². The van der Waals surface area contributed by atoms with Crippen LogP contribution in [0.5, 0.6) is 0 Å². The molecule has 1 atom stereocenters. The summed E-state index contributed by atoms with van der Waals surface area (Å²) >= 11 is 0. The van der Waals surface area contributed by atoms with Gasteiger partial charge in [0.15, 0.2) is 17.2 Å². The summed E-state index contributed by atoms with van der Waals surface area (Å²) in [7, 11) is 2.47. The molecular formula is C71H53N4+. The van der Waals surface area contributed by atoms with Crippen molar-refractivity contribution in [1.82, 2.24) is 9.05 Å². The van der Waals surface area contributed by atoms with Crippen LogP contribution >= 0.6 is 0 Å². The van der Waals surface area contributed by atoms with E-state index in [-0.39, 0.29) is 0 Å². The van der Waals surface area contributed by atoms with E-state index in [0.29, 0.717) is 17.4 Å². The Kier molecular flexibility index (Phi) is 9.76. The Labute approximate surface area is 438 Å². The first-order valence-corrected chi connectivity index (χ1v) is 26.6. The maximum absolute atomic E-state index is 5.82. The first-order chi connectivity index (χ1) is 37.1. The molecule has 75 heavy (non-hydrogen) atoms. The van der Waals surface area contributed by atoms with Crippen molar-refractivity contribution in [2.45, 2.75) is 31.6 Å². The van der Waals surface area contributed by atoms with Gasteiger partial charge in [-0.3, -0.25) is 9.56 Å². The molecule has 11 aromatic rings. The first-order valence-electron chi connectivity index (χ1n) is 26.6. The zero-order valence-corrected chi connectivity index (χ0v) is 42.1. The molecular weight excluding hydrogens is 909 g/mol. The number of nitrogens with zero attached hydrogens (tertiary/aromatic N) is 4. The number of allylic oxidation sites excluding steroid dienone is 1. The summed E-state index contributed by atoms with van der Waals surface area (Å²) in [5.41, 5.74) is 26.3. The summed E-state index contributed by atoms with van der Waals surface area (Å²) in [5.74, 6) is 1.73. The average molecular weight is 962 g/mol. The van der Waals surface area contributed by atoms with Gasteiger partial charge in [-0.25, -0.2) is 9.48 Å². The summed E-state index contributed by atoms with van der Waals surface area (Å²) in [4.78, 5) is 11.4. The molecule has 3 heterocycles. The van der Waals surface area contributed by atoms with Crippen LogP contribution in [0.4, 0.5) is 11.4 Å². The van der Waals surface area contributed by atoms with E-state index in [1.54, 1.807) is 0 Å². The highest BCUT2D eigenvalue weighted by atomic mass is 15.4. The number of quaternary nitrogens is 1. The number of hydrogen-bond acceptors (Lipinski definition) is 2. The van der Waals surface area contributed by atoms with Gasteiger partial charge in [0.2, 0.25) is 0 Å². The molecule has 4 aliphatic rings. The number of aliphatic imine (C=N–C) groups is 2. The maximum Gasteiger partial charge on any atom is 0.156 e. The first kappa shape index (κ1) is 43.6. The molecule has 15 rings (SSSR count). The third kappa shape index (κ3) is 6.21. The summed E-state index contributed by atoms with van der Waals surface area (Å²) in [6.07, 6.45) is 2.27. The zero-order chi connectivity index (χ0) is 49.8. The Morgan fingerprint density at radius 3 is 1.69 bits per heavy atom. The Hall–Kier alpha value is -8.96. The van der Waals surface area contributed by atoms with E-state index in [9.17, 15) is 0 Å². The number of rotatable bonds is 5. The van der Waals surface area contributed by atoms with Crippen LogP contribution < -0.4 is 4.48 Å². The van der Waals surface area contributed by atoms with E-state index >= 15 is 0 Å². The van der Waals surface area contributed by atoms with Crippen LogP contribution in [0.15, 0.2) is 258 Å². The van der Waals surface area contributed by atoms with Gasteiger partial charge >= 0.3 is 0 Å². The quantitative estimate of drug-likeness (QED) is 0.154. The highest BCUT2D eigenvalue weighted by molar-refractivity contribution is 6.21. The molecule has 4 nitrogen and oxygen atoms in total. The van der Waals surface area contributed by atoms with Crippen LogP contribution in [0, 0.1) is 0 Å². The van der Waals surface area contributed by atoms with Gasteiger partial charge in [-0.05, 0) is 103 Å². The Bertz CT molecular complexity index is 4200. The molecule has 0 amide bonds. The van der Waals surface area contributed by atoms with Crippen molar-refractivity contribution in [3.05, 3.63) is 276 Å². The predicted molar refractivity (Wildman–Crippen MR) is 313 cm³/mol. The largest absolute Gasteiger partial charge is 0.297 e. The topological polar surface area (TPSA) is 29.6 Å². The van der Waals surface area contributed by atoms with Gasteiger partial charge in [0.25, 0.3) is 0 Å². The van der Waals surface area contributed by atoms with Crippen molar-refractivity contribution in [2.24, 2.45) is 9.98 Å². The standard InChI is InChI=1S/C71H53N4/c1-3-46-43-68(74-63-34-18-13-29-56(63)69-51(30-20-35-64(69)74)49-23-8-5-9-24-49)73-70(50-39-37-48(38-40-50)47-21-6-4-7-22-47)72-42-41-65(46)75(2)66-36-19-14-28-55(66)58-44-62-57(45-67(58)75)54-27-12-17-33-61(54)71(62)59-31-15-10-25-52(59)53-26-11-16-32-60(53)71/h4-40,44-45H,3,41-43H2,1-2H3/q+1. The van der Waals surface area contributed by atoms with Gasteiger partial charge in [-0.2, -0.15) is 0 Å². The van der Waals surface area contributed by atoms with Crippen LogP contribution in [0.1, 0.15) is 54.0 Å². The molecule has 1 unspecified atom stereocenters. The van der Waals surface area contributed by atoms with Crippen molar-refractivity contribution in [3.63, 3.8) is 0 Å². The number of amidine groups is 1. The number of aromatic nitrogens is 1. The minimum absolute atomic E-state index is 0.431. The molecule has 0 N–H and O–H groups in total.